The van der Waals surface area contributed by atoms with E-state index < -0.39 is 6.04 Å². The van der Waals surface area contributed by atoms with Crippen molar-refractivity contribution in [2.45, 2.75) is 57.5 Å². The van der Waals surface area contributed by atoms with Gasteiger partial charge in [-0.05, 0) is 37.8 Å². The predicted molar refractivity (Wildman–Crippen MR) is 108 cm³/mol. The third-order valence-corrected chi connectivity index (χ3v) is 5.86. The van der Waals surface area contributed by atoms with E-state index in [0.717, 1.165) is 36.9 Å². The van der Waals surface area contributed by atoms with Crippen molar-refractivity contribution < 1.29 is 4.79 Å². The quantitative estimate of drug-likeness (QED) is 0.822. The fourth-order valence-electron chi connectivity index (χ4n) is 3.82. The van der Waals surface area contributed by atoms with Crippen LogP contribution >= 0.6 is 11.6 Å². The van der Waals surface area contributed by atoms with E-state index in [2.05, 4.69) is 5.32 Å². The normalized spacial score (nSPS) is 16.3. The molecule has 27 heavy (non-hydrogen) atoms. The van der Waals surface area contributed by atoms with Crippen LogP contribution < -0.4 is 16.6 Å². The standard InChI is InChI=1S/C20H27ClN4O2/c1-13-18(20(27)25(24(13)2)15-9-4-3-5-10-15)23-19(26)17(22)12-14-8-6-7-11-16(14)21/h6-8,11,15,17H,3-5,9-10,12,22H2,1-2H3,(H,23,26). The largest absolute Gasteiger partial charge is 0.320 e. The Morgan fingerprint density at radius 3 is 2.63 bits per heavy atom. The van der Waals surface area contributed by atoms with Crippen LogP contribution in [0.15, 0.2) is 29.1 Å². The molecule has 1 saturated carbocycles. The van der Waals surface area contributed by atoms with Crippen LogP contribution in [0.25, 0.3) is 0 Å². The highest BCUT2D eigenvalue weighted by Crippen LogP contribution is 2.28. The molecule has 1 fully saturated rings. The molecule has 1 atom stereocenters. The van der Waals surface area contributed by atoms with Crippen LogP contribution in [0.5, 0.6) is 0 Å². The second-order valence-corrected chi connectivity index (χ2v) is 7.72. The minimum atomic E-state index is -0.785. The van der Waals surface area contributed by atoms with Gasteiger partial charge in [0.15, 0.2) is 0 Å². The topological polar surface area (TPSA) is 82.1 Å². The summed E-state index contributed by atoms with van der Waals surface area (Å²) in [6.07, 6.45) is 5.79. The number of hydrogen-bond donors (Lipinski definition) is 2. The van der Waals surface area contributed by atoms with Gasteiger partial charge in [-0.15, -0.1) is 0 Å². The lowest BCUT2D eigenvalue weighted by Gasteiger charge is -2.24. The number of benzene rings is 1. The fourth-order valence-corrected chi connectivity index (χ4v) is 4.03. The molecule has 0 radical (unpaired) electrons. The van der Waals surface area contributed by atoms with Gasteiger partial charge in [0.1, 0.15) is 5.69 Å². The number of halogens is 1. The van der Waals surface area contributed by atoms with E-state index in [4.69, 9.17) is 17.3 Å². The van der Waals surface area contributed by atoms with Crippen molar-refractivity contribution in [1.29, 1.82) is 0 Å². The minimum Gasteiger partial charge on any atom is -0.320 e. The summed E-state index contributed by atoms with van der Waals surface area (Å²) in [5.41, 5.74) is 7.79. The second kappa shape index (κ2) is 8.31. The number of anilines is 1. The first-order valence-electron chi connectivity index (χ1n) is 9.48. The van der Waals surface area contributed by atoms with Crippen LogP contribution in [0.2, 0.25) is 5.02 Å². The molecule has 1 unspecified atom stereocenters. The van der Waals surface area contributed by atoms with Crippen molar-refractivity contribution in [2.24, 2.45) is 12.8 Å². The average molecular weight is 391 g/mol. The van der Waals surface area contributed by atoms with Crippen molar-refractivity contribution in [3.05, 3.63) is 50.9 Å². The number of carbonyl (C=O) groups is 1. The van der Waals surface area contributed by atoms with Crippen LogP contribution in [0.1, 0.15) is 49.4 Å². The first kappa shape index (κ1) is 19.7. The van der Waals surface area contributed by atoms with Gasteiger partial charge in [0.2, 0.25) is 5.91 Å². The lowest BCUT2D eigenvalue weighted by Crippen LogP contribution is -2.39. The number of amides is 1. The summed E-state index contributed by atoms with van der Waals surface area (Å²) in [5.74, 6) is -0.378. The van der Waals surface area contributed by atoms with Crippen LogP contribution in [0, 0.1) is 6.92 Å². The van der Waals surface area contributed by atoms with Gasteiger partial charge in [-0.3, -0.25) is 14.3 Å². The molecule has 3 N–H and O–H groups in total. The molecule has 2 aromatic rings. The summed E-state index contributed by atoms with van der Waals surface area (Å²) in [6.45, 7) is 1.84. The van der Waals surface area contributed by atoms with Crippen molar-refractivity contribution in [1.82, 2.24) is 9.36 Å². The Morgan fingerprint density at radius 1 is 1.30 bits per heavy atom. The van der Waals surface area contributed by atoms with Crippen molar-refractivity contribution in [3.8, 4) is 0 Å². The van der Waals surface area contributed by atoms with Crippen molar-refractivity contribution in [2.75, 3.05) is 5.32 Å². The molecule has 6 nitrogen and oxygen atoms in total. The van der Waals surface area contributed by atoms with E-state index in [1.54, 1.807) is 10.7 Å². The molecule has 7 heteroatoms. The van der Waals surface area contributed by atoms with Gasteiger partial charge in [-0.1, -0.05) is 49.1 Å². The molecule has 1 aliphatic rings. The Labute approximate surface area is 164 Å². The molecule has 1 amide bonds. The van der Waals surface area contributed by atoms with Gasteiger partial charge < -0.3 is 11.1 Å². The highest BCUT2D eigenvalue weighted by Gasteiger charge is 2.25. The maximum atomic E-state index is 12.9. The van der Waals surface area contributed by atoms with Crippen molar-refractivity contribution >= 4 is 23.2 Å². The number of nitrogens with two attached hydrogens (primary N) is 1. The van der Waals surface area contributed by atoms with Gasteiger partial charge in [0, 0.05) is 12.1 Å². The highest BCUT2D eigenvalue weighted by molar-refractivity contribution is 6.31. The van der Waals surface area contributed by atoms with Crippen LogP contribution in [-0.2, 0) is 18.3 Å². The van der Waals surface area contributed by atoms with E-state index in [-0.39, 0.29) is 17.5 Å². The van der Waals surface area contributed by atoms with Gasteiger partial charge in [-0.2, -0.15) is 0 Å². The van der Waals surface area contributed by atoms with Crippen molar-refractivity contribution in [3.63, 3.8) is 0 Å². The van der Waals surface area contributed by atoms with Crippen LogP contribution in [0.3, 0.4) is 0 Å². The van der Waals surface area contributed by atoms with Crippen LogP contribution in [-0.4, -0.2) is 21.3 Å². The minimum absolute atomic E-state index is 0.153. The Balaban J connectivity index is 1.78. The first-order chi connectivity index (χ1) is 12.9. The van der Waals surface area contributed by atoms with Gasteiger partial charge in [0.05, 0.1) is 17.8 Å². The molecule has 0 spiro atoms. The molecule has 1 aromatic heterocycles. The zero-order chi connectivity index (χ0) is 19.6. The van der Waals surface area contributed by atoms with E-state index in [1.807, 2.05) is 36.9 Å². The lowest BCUT2D eigenvalue weighted by atomic mass is 9.96. The number of rotatable bonds is 5. The van der Waals surface area contributed by atoms with E-state index >= 15 is 0 Å². The summed E-state index contributed by atoms with van der Waals surface area (Å²) in [7, 11) is 1.87. The molecule has 0 saturated heterocycles. The summed E-state index contributed by atoms with van der Waals surface area (Å²) in [5, 5.41) is 3.34. The Morgan fingerprint density at radius 2 is 1.96 bits per heavy atom. The molecule has 1 aromatic carbocycles. The maximum Gasteiger partial charge on any atom is 0.290 e. The SMILES string of the molecule is Cc1c(NC(=O)C(N)Cc2ccccc2Cl)c(=O)n(C2CCCCC2)n1C. The fraction of sp³-hybridized carbons (Fsp3) is 0.500. The first-order valence-corrected chi connectivity index (χ1v) is 9.86. The number of hydrogen-bond acceptors (Lipinski definition) is 3. The molecule has 0 bridgehead atoms. The Bertz CT molecular complexity index is 881. The molecule has 0 aliphatic heterocycles. The lowest BCUT2D eigenvalue weighted by molar-refractivity contribution is -0.117. The zero-order valence-corrected chi connectivity index (χ0v) is 16.6. The van der Waals surface area contributed by atoms with E-state index in [9.17, 15) is 9.59 Å². The molecule has 3 rings (SSSR count). The maximum absolute atomic E-state index is 12.9. The average Bonchev–Trinajstić information content (AvgIpc) is 2.87. The van der Waals surface area contributed by atoms with E-state index in [0.29, 0.717) is 17.1 Å². The summed E-state index contributed by atoms with van der Waals surface area (Å²) >= 11 is 6.15. The number of nitrogens with zero attached hydrogens (tertiary/aromatic N) is 2. The summed E-state index contributed by atoms with van der Waals surface area (Å²) in [4.78, 5) is 25.5. The highest BCUT2D eigenvalue weighted by atomic mass is 35.5. The Hall–Kier alpha value is -2.05. The number of carbonyl (C=O) groups excluding carboxylic acids is 1. The van der Waals surface area contributed by atoms with Gasteiger partial charge >= 0.3 is 0 Å². The third kappa shape index (κ3) is 4.12. The monoisotopic (exact) mass is 390 g/mol. The molecule has 146 valence electrons. The molecule has 1 aliphatic carbocycles. The predicted octanol–water partition coefficient (Wildman–Crippen LogP) is 3.16. The smallest absolute Gasteiger partial charge is 0.290 e. The molecular formula is C20H27ClN4O2. The number of nitrogens with one attached hydrogen (secondary N) is 1. The van der Waals surface area contributed by atoms with Crippen LogP contribution in [0.4, 0.5) is 5.69 Å². The molecular weight excluding hydrogens is 364 g/mol. The third-order valence-electron chi connectivity index (χ3n) is 5.50. The number of aromatic nitrogens is 2. The second-order valence-electron chi connectivity index (χ2n) is 7.32. The Kier molecular flexibility index (Phi) is 6.07. The summed E-state index contributed by atoms with van der Waals surface area (Å²) < 4.78 is 3.64. The zero-order valence-electron chi connectivity index (χ0n) is 15.9. The summed E-state index contributed by atoms with van der Waals surface area (Å²) in [6, 6.07) is 6.71. The molecule has 1 heterocycles. The van der Waals surface area contributed by atoms with Gasteiger partial charge in [0.25, 0.3) is 5.56 Å². The van der Waals surface area contributed by atoms with E-state index in [1.165, 1.54) is 6.42 Å². The van der Waals surface area contributed by atoms with Gasteiger partial charge in [-0.25, -0.2) is 4.68 Å².